The molecule has 1 aliphatic rings. The van der Waals surface area contributed by atoms with Gasteiger partial charge in [-0.2, -0.15) is 0 Å². The molecule has 8 aromatic carbocycles. The Morgan fingerprint density at radius 3 is 0.758 bits per heavy atom. The molecular formula is C57H50O9. The summed E-state index contributed by atoms with van der Waals surface area (Å²) >= 11 is 0. The van der Waals surface area contributed by atoms with E-state index in [0.717, 1.165) is 22.3 Å². The van der Waals surface area contributed by atoms with E-state index < -0.39 is 0 Å². The summed E-state index contributed by atoms with van der Waals surface area (Å²) in [5.41, 5.74) is 7.75. The second kappa shape index (κ2) is 20.3. The number of fused-ring (bicyclic) bond motifs is 8. The second-order valence-corrected chi connectivity index (χ2v) is 16.5. The van der Waals surface area contributed by atoms with Crippen molar-refractivity contribution in [1.29, 1.82) is 0 Å². The van der Waals surface area contributed by atoms with E-state index in [0.29, 0.717) is 67.5 Å². The smallest absolute Gasteiger partial charge is 0.124 e. The first kappa shape index (κ1) is 43.4. The first-order valence-electron chi connectivity index (χ1n) is 21.9. The third kappa shape index (κ3) is 10.7. The average molecular weight is 879 g/mol. The zero-order valence-corrected chi connectivity index (χ0v) is 36.4. The molecule has 0 unspecified atom stereocenters. The largest absolute Gasteiger partial charge is 0.507 e. The minimum Gasteiger partial charge on any atom is -0.507 e. The van der Waals surface area contributed by atoms with Gasteiger partial charge in [-0.1, -0.05) is 121 Å². The minimum absolute atomic E-state index is 0.0157. The van der Waals surface area contributed by atoms with E-state index in [1.807, 2.05) is 121 Å². The molecule has 66 heavy (non-hydrogen) atoms. The van der Waals surface area contributed by atoms with E-state index in [4.69, 9.17) is 23.7 Å². The molecule has 0 saturated heterocycles. The van der Waals surface area contributed by atoms with Crippen molar-refractivity contribution < 1.29 is 44.1 Å². The zero-order chi connectivity index (χ0) is 45.2. The fraction of sp³-hybridized carbons (Fsp3) is 0.158. The predicted molar refractivity (Wildman–Crippen MR) is 252 cm³/mol. The number of rotatable bonds is 12. The van der Waals surface area contributed by atoms with E-state index in [1.165, 1.54) is 0 Å². The van der Waals surface area contributed by atoms with Crippen molar-refractivity contribution in [2.24, 2.45) is 0 Å². The van der Waals surface area contributed by atoms with Crippen LogP contribution in [0.3, 0.4) is 0 Å². The normalized spacial score (nSPS) is 12.4. The lowest BCUT2D eigenvalue weighted by Crippen LogP contribution is -2.05. The van der Waals surface area contributed by atoms with Gasteiger partial charge in [0.2, 0.25) is 0 Å². The topological polar surface area (TPSA) is 127 Å². The molecule has 9 nitrogen and oxygen atoms in total. The maximum absolute atomic E-state index is 12.2. The van der Waals surface area contributed by atoms with Crippen LogP contribution >= 0.6 is 0 Å². The number of ether oxygens (including phenoxy) is 5. The number of hydrogen-bond acceptors (Lipinski definition) is 9. The van der Waals surface area contributed by atoms with Gasteiger partial charge in [-0.25, -0.2) is 0 Å². The zero-order valence-electron chi connectivity index (χ0n) is 36.4. The minimum atomic E-state index is -0.0341. The molecular weight excluding hydrogens is 829 g/mol. The predicted octanol–water partition coefficient (Wildman–Crippen LogP) is 11.6. The van der Waals surface area contributed by atoms with Crippen molar-refractivity contribution in [2.45, 2.75) is 58.9 Å². The van der Waals surface area contributed by atoms with Crippen LogP contribution in [0.4, 0.5) is 0 Å². The SMILES string of the molecule is Oc1c2cc(OCc3ccccc3)cc1Cc1cc(OCc3ccccc3)cc(c1O)Cc1cc(OCc3ccccc3)cc(c1O)Cc1cc(OCc3ccccc3)cc(c1O)COC2. The first-order chi connectivity index (χ1) is 32.3. The fourth-order valence-corrected chi connectivity index (χ4v) is 8.12. The Kier molecular flexibility index (Phi) is 13.3. The van der Waals surface area contributed by atoms with Crippen LogP contribution in [-0.2, 0) is 63.6 Å². The Balaban J connectivity index is 1.16. The Morgan fingerprint density at radius 2 is 0.515 bits per heavy atom. The maximum atomic E-state index is 12.2. The van der Waals surface area contributed by atoms with E-state index in [-0.39, 0.29) is 81.9 Å². The van der Waals surface area contributed by atoms with Crippen LogP contribution in [0.15, 0.2) is 170 Å². The summed E-state index contributed by atoms with van der Waals surface area (Å²) < 4.78 is 31.7. The molecule has 0 fully saturated rings. The van der Waals surface area contributed by atoms with E-state index in [1.54, 1.807) is 48.5 Å². The molecule has 1 heterocycles. The molecule has 0 aromatic heterocycles. The summed E-state index contributed by atoms with van der Waals surface area (Å²) in [7, 11) is 0. The maximum Gasteiger partial charge on any atom is 0.124 e. The molecule has 0 radical (unpaired) electrons. The van der Waals surface area contributed by atoms with E-state index in [9.17, 15) is 20.4 Å². The van der Waals surface area contributed by atoms with Crippen molar-refractivity contribution in [3.05, 3.63) is 237 Å². The molecule has 0 amide bonds. The summed E-state index contributed by atoms with van der Waals surface area (Å²) in [5, 5.41) is 48.2. The van der Waals surface area contributed by atoms with Crippen molar-refractivity contribution in [3.8, 4) is 46.0 Å². The lowest BCUT2D eigenvalue weighted by molar-refractivity contribution is 0.103. The van der Waals surface area contributed by atoms with Gasteiger partial charge in [0.05, 0.1) is 13.2 Å². The molecule has 0 atom stereocenters. The number of benzene rings is 8. The summed E-state index contributed by atoms with van der Waals surface area (Å²) in [6, 6.07) is 53.4. The van der Waals surface area contributed by atoms with E-state index in [2.05, 4.69) is 0 Å². The van der Waals surface area contributed by atoms with Crippen LogP contribution in [0.1, 0.15) is 66.8 Å². The molecule has 332 valence electrons. The van der Waals surface area contributed by atoms with Gasteiger partial charge in [0.25, 0.3) is 0 Å². The van der Waals surface area contributed by atoms with Crippen molar-refractivity contribution in [1.82, 2.24) is 0 Å². The number of hydrogen-bond donors (Lipinski definition) is 4. The van der Waals surface area contributed by atoms with Gasteiger partial charge >= 0.3 is 0 Å². The molecule has 4 N–H and O–H groups in total. The molecule has 8 bridgehead atoms. The molecule has 9 rings (SSSR count). The molecule has 8 aromatic rings. The van der Waals surface area contributed by atoms with Crippen LogP contribution in [0.5, 0.6) is 46.0 Å². The van der Waals surface area contributed by atoms with Crippen molar-refractivity contribution in [3.63, 3.8) is 0 Å². The third-order valence-corrected chi connectivity index (χ3v) is 11.6. The highest BCUT2D eigenvalue weighted by molar-refractivity contribution is 5.58. The summed E-state index contributed by atoms with van der Waals surface area (Å²) in [5.74, 6) is 1.93. The van der Waals surface area contributed by atoms with Gasteiger partial charge in [0.1, 0.15) is 72.4 Å². The molecule has 9 heteroatoms. The van der Waals surface area contributed by atoms with Gasteiger partial charge in [-0.05, 0) is 70.8 Å². The third-order valence-electron chi connectivity index (χ3n) is 11.6. The Morgan fingerprint density at radius 1 is 0.303 bits per heavy atom. The van der Waals surface area contributed by atoms with Crippen LogP contribution in [-0.4, -0.2) is 20.4 Å². The monoisotopic (exact) mass is 878 g/mol. The van der Waals surface area contributed by atoms with Crippen molar-refractivity contribution >= 4 is 0 Å². The van der Waals surface area contributed by atoms with Crippen LogP contribution < -0.4 is 18.9 Å². The standard InChI is InChI=1S/C57H50O9/c58-54-42-21-43-25-51(64-33-39-15-7-2-8-16-39)27-45(55(43)59)23-47-29-53(66-35-41-19-11-4-12-20-41)31-49(57(47)61)37-62-36-48-30-52(65-34-40-17-9-3-10-18-40)28-46(56(48)60)22-44(54)26-50(24-42)63-32-38-13-5-1-6-14-38/h1-20,24-31,58-61H,21-23,32-37H2. The fourth-order valence-electron chi connectivity index (χ4n) is 8.12. The molecule has 1 aliphatic heterocycles. The van der Waals surface area contributed by atoms with E-state index >= 15 is 0 Å². The number of aromatic hydroxyl groups is 4. The quantitative estimate of drug-likeness (QED) is 0.0948. The highest BCUT2D eigenvalue weighted by Crippen LogP contribution is 2.41. The van der Waals surface area contributed by atoms with Gasteiger partial charge in [0.15, 0.2) is 0 Å². The summed E-state index contributed by atoms with van der Waals surface area (Å²) in [6.45, 7) is 1.06. The highest BCUT2D eigenvalue weighted by Gasteiger charge is 2.22. The second-order valence-electron chi connectivity index (χ2n) is 16.5. The summed E-state index contributed by atoms with van der Waals surface area (Å²) in [4.78, 5) is 0. The average Bonchev–Trinajstić information content (AvgIpc) is 3.34. The molecule has 0 spiro atoms. The van der Waals surface area contributed by atoms with Gasteiger partial charge < -0.3 is 44.1 Å². The lowest BCUT2D eigenvalue weighted by atomic mass is 9.93. The molecule has 0 aliphatic carbocycles. The molecule has 0 saturated carbocycles. The van der Waals surface area contributed by atoms with Gasteiger partial charge in [-0.15, -0.1) is 0 Å². The first-order valence-corrected chi connectivity index (χ1v) is 21.9. The van der Waals surface area contributed by atoms with Crippen LogP contribution in [0.2, 0.25) is 0 Å². The Labute approximate surface area is 384 Å². The highest BCUT2D eigenvalue weighted by atomic mass is 16.5. The van der Waals surface area contributed by atoms with Crippen LogP contribution in [0.25, 0.3) is 0 Å². The number of phenolic OH excluding ortho intramolecular Hbond substituents is 4. The number of phenols is 4. The lowest BCUT2D eigenvalue weighted by Gasteiger charge is -2.20. The van der Waals surface area contributed by atoms with Gasteiger partial charge in [0, 0.05) is 63.8 Å². The van der Waals surface area contributed by atoms with Gasteiger partial charge in [-0.3, -0.25) is 0 Å². The van der Waals surface area contributed by atoms with Crippen molar-refractivity contribution in [2.75, 3.05) is 0 Å². The Bertz CT molecular complexity index is 2700. The summed E-state index contributed by atoms with van der Waals surface area (Å²) in [6.07, 6.45) is 0.293. The Hall–Kier alpha value is -7.88. The van der Waals surface area contributed by atoms with Crippen LogP contribution in [0, 0.1) is 0 Å².